The van der Waals surface area contributed by atoms with E-state index in [1.54, 1.807) is 4.90 Å². The highest BCUT2D eigenvalue weighted by Gasteiger charge is 2.36. The first kappa shape index (κ1) is 29.6. The number of nitrogens with zero attached hydrogens (tertiary/aromatic N) is 3. The predicted octanol–water partition coefficient (Wildman–Crippen LogP) is 7.31. The summed E-state index contributed by atoms with van der Waals surface area (Å²) in [5.41, 5.74) is 2.28. The molecule has 0 aliphatic heterocycles. The molecular weight excluding hydrogens is 502 g/mol. The molecule has 1 atom stereocenters. The van der Waals surface area contributed by atoms with E-state index in [2.05, 4.69) is 17.6 Å². The van der Waals surface area contributed by atoms with Crippen LogP contribution in [0.15, 0.2) is 54.6 Å². The third-order valence-corrected chi connectivity index (χ3v) is 7.50. The number of hydrogen-bond donors (Lipinski definition) is 0. The van der Waals surface area contributed by atoms with Gasteiger partial charge in [0.15, 0.2) is 0 Å². The highest BCUT2D eigenvalue weighted by Crippen LogP contribution is 2.28. The fraction of sp³-hybridized carbons (Fsp3) is 0.545. The van der Waals surface area contributed by atoms with Crippen molar-refractivity contribution >= 4 is 23.1 Å². The first-order valence-electron chi connectivity index (χ1n) is 14.9. The van der Waals surface area contributed by atoms with Crippen LogP contribution >= 0.6 is 0 Å². The number of carbonyl (C=O) groups is 2. The van der Waals surface area contributed by atoms with Crippen molar-refractivity contribution in [2.24, 2.45) is 5.92 Å². The monoisotopic (exact) mass is 547 g/mol. The van der Waals surface area contributed by atoms with E-state index in [1.807, 2.05) is 69.3 Å². The molecule has 40 heavy (non-hydrogen) atoms. The Balaban J connectivity index is 1.62. The van der Waals surface area contributed by atoms with Gasteiger partial charge < -0.3 is 14.0 Å². The van der Waals surface area contributed by atoms with Gasteiger partial charge in [0, 0.05) is 19.5 Å². The summed E-state index contributed by atoms with van der Waals surface area (Å²) in [5, 5.41) is 0. The minimum absolute atomic E-state index is 0.163. The number of fused-ring (bicyclic) bond motifs is 1. The molecule has 1 amide bonds. The maximum Gasteiger partial charge on any atom is 0.411 e. The molecule has 7 nitrogen and oxygen atoms in total. The first-order chi connectivity index (χ1) is 19.2. The molecule has 7 heteroatoms. The van der Waals surface area contributed by atoms with E-state index < -0.39 is 23.7 Å². The summed E-state index contributed by atoms with van der Waals surface area (Å²) in [6, 6.07) is 17.0. The minimum Gasteiger partial charge on any atom is -0.459 e. The number of para-hydroxylation sites is 2. The second kappa shape index (κ2) is 13.8. The lowest BCUT2D eigenvalue weighted by molar-refractivity contribution is -0.152. The second-order valence-corrected chi connectivity index (χ2v) is 12.0. The van der Waals surface area contributed by atoms with E-state index in [1.165, 1.54) is 6.42 Å². The lowest BCUT2D eigenvalue weighted by Crippen LogP contribution is -2.50. The third kappa shape index (κ3) is 8.09. The summed E-state index contributed by atoms with van der Waals surface area (Å²) in [7, 11) is 0. The molecule has 1 aliphatic carbocycles. The van der Waals surface area contributed by atoms with Crippen molar-refractivity contribution in [3.8, 4) is 0 Å². The van der Waals surface area contributed by atoms with Crippen molar-refractivity contribution in [3.05, 3.63) is 66.0 Å². The normalized spacial score (nSPS) is 15.1. The summed E-state index contributed by atoms with van der Waals surface area (Å²) >= 11 is 0. The maximum absolute atomic E-state index is 13.8. The Hall–Kier alpha value is -3.35. The van der Waals surface area contributed by atoms with E-state index in [9.17, 15) is 9.59 Å². The number of esters is 1. The molecule has 1 saturated carbocycles. The molecule has 1 unspecified atom stereocenters. The highest BCUT2D eigenvalue weighted by atomic mass is 16.6. The number of amides is 1. The molecular formula is C33H45N3O4. The van der Waals surface area contributed by atoms with Crippen LogP contribution in [-0.2, 0) is 33.8 Å². The molecule has 0 saturated heterocycles. The number of ether oxygens (including phenoxy) is 2. The molecule has 2 aromatic carbocycles. The second-order valence-electron chi connectivity index (χ2n) is 12.0. The van der Waals surface area contributed by atoms with Crippen LogP contribution in [0.2, 0.25) is 0 Å². The molecule has 3 aromatic rings. The standard InChI is InChI=1S/C33H45N3O4/c1-5-22-35-28-19-13-12-18-27(28)34-30(35)21-20-29(31(37)39-24-26-16-10-7-11-17-26)36(32(38)40-33(2,3)4)23-25-14-8-6-9-15-25/h7,10-13,16-19,25,29H,5-6,8-9,14-15,20-24H2,1-4H3. The van der Waals surface area contributed by atoms with Crippen LogP contribution in [0.1, 0.15) is 84.0 Å². The number of benzene rings is 2. The van der Waals surface area contributed by atoms with Crippen LogP contribution in [0.25, 0.3) is 11.0 Å². The van der Waals surface area contributed by atoms with Gasteiger partial charge >= 0.3 is 12.1 Å². The average molecular weight is 548 g/mol. The van der Waals surface area contributed by atoms with Crippen molar-refractivity contribution in [2.75, 3.05) is 6.54 Å². The molecule has 1 aromatic heterocycles. The van der Waals surface area contributed by atoms with Crippen molar-refractivity contribution in [1.82, 2.24) is 14.5 Å². The van der Waals surface area contributed by atoms with Crippen molar-refractivity contribution in [3.63, 3.8) is 0 Å². The van der Waals surface area contributed by atoms with E-state index >= 15 is 0 Å². The molecule has 4 rings (SSSR count). The first-order valence-corrected chi connectivity index (χ1v) is 14.9. The highest BCUT2D eigenvalue weighted by molar-refractivity contribution is 5.82. The average Bonchev–Trinajstić information content (AvgIpc) is 3.29. The number of hydrogen-bond acceptors (Lipinski definition) is 5. The van der Waals surface area contributed by atoms with Crippen LogP contribution in [-0.4, -0.2) is 44.7 Å². The molecule has 0 radical (unpaired) electrons. The van der Waals surface area contributed by atoms with Crippen molar-refractivity contribution < 1.29 is 19.1 Å². The van der Waals surface area contributed by atoms with Gasteiger partial charge in [0.1, 0.15) is 24.1 Å². The number of rotatable bonds is 11. The molecule has 1 heterocycles. The largest absolute Gasteiger partial charge is 0.459 e. The van der Waals surface area contributed by atoms with Gasteiger partial charge in [-0.15, -0.1) is 0 Å². The van der Waals surface area contributed by atoms with E-state index in [0.717, 1.165) is 61.1 Å². The molecule has 216 valence electrons. The number of aromatic nitrogens is 2. The van der Waals surface area contributed by atoms with E-state index in [-0.39, 0.29) is 6.61 Å². The molecule has 1 fully saturated rings. The number of imidazole rings is 1. The lowest BCUT2D eigenvalue weighted by Gasteiger charge is -2.35. The molecule has 0 spiro atoms. The summed E-state index contributed by atoms with van der Waals surface area (Å²) in [5.74, 6) is 0.866. The Bertz CT molecular complexity index is 1240. The van der Waals surface area contributed by atoms with Crippen LogP contribution < -0.4 is 0 Å². The smallest absolute Gasteiger partial charge is 0.411 e. The fourth-order valence-corrected chi connectivity index (χ4v) is 5.58. The Labute approximate surface area is 238 Å². The zero-order chi connectivity index (χ0) is 28.5. The Morgan fingerprint density at radius 3 is 2.42 bits per heavy atom. The van der Waals surface area contributed by atoms with Crippen LogP contribution in [0, 0.1) is 5.92 Å². The number of carbonyl (C=O) groups excluding carboxylic acids is 2. The summed E-state index contributed by atoms with van der Waals surface area (Å²) in [6.07, 6.45) is 7.10. The quantitative estimate of drug-likeness (QED) is 0.235. The zero-order valence-corrected chi connectivity index (χ0v) is 24.6. The SMILES string of the molecule is CCCn1c(CCC(C(=O)OCc2ccccc2)N(CC2CCCCC2)C(=O)OC(C)(C)C)nc2ccccc21. The van der Waals surface area contributed by atoms with E-state index in [0.29, 0.717) is 25.3 Å². The number of aryl methyl sites for hydroxylation is 2. The summed E-state index contributed by atoms with van der Waals surface area (Å²) in [4.78, 5) is 34.0. The van der Waals surface area contributed by atoms with Crippen LogP contribution in [0.4, 0.5) is 4.79 Å². The van der Waals surface area contributed by atoms with Gasteiger partial charge in [-0.25, -0.2) is 14.6 Å². The fourth-order valence-electron chi connectivity index (χ4n) is 5.58. The van der Waals surface area contributed by atoms with Gasteiger partial charge in [-0.2, -0.15) is 0 Å². The van der Waals surface area contributed by atoms with Gasteiger partial charge in [0.2, 0.25) is 0 Å². The van der Waals surface area contributed by atoms with E-state index in [4.69, 9.17) is 14.5 Å². The Morgan fingerprint density at radius 1 is 1.02 bits per heavy atom. The van der Waals surface area contributed by atoms with Gasteiger partial charge in [0.05, 0.1) is 11.0 Å². The predicted molar refractivity (Wildman–Crippen MR) is 158 cm³/mol. The Kier molecular flexibility index (Phi) is 10.2. The van der Waals surface area contributed by atoms with Gasteiger partial charge in [-0.3, -0.25) is 4.90 Å². The van der Waals surface area contributed by atoms with Gasteiger partial charge in [-0.1, -0.05) is 68.7 Å². The minimum atomic E-state index is -0.768. The Morgan fingerprint density at radius 2 is 1.73 bits per heavy atom. The molecule has 1 aliphatic rings. The topological polar surface area (TPSA) is 73.7 Å². The van der Waals surface area contributed by atoms with Crippen molar-refractivity contribution in [1.29, 1.82) is 0 Å². The summed E-state index contributed by atoms with van der Waals surface area (Å²) in [6.45, 7) is 9.23. The van der Waals surface area contributed by atoms with Crippen LogP contribution in [0.3, 0.4) is 0 Å². The van der Waals surface area contributed by atoms with Gasteiger partial charge in [0.25, 0.3) is 0 Å². The van der Waals surface area contributed by atoms with Crippen molar-refractivity contribution in [2.45, 2.75) is 104 Å². The summed E-state index contributed by atoms with van der Waals surface area (Å²) < 4.78 is 13.9. The molecule has 0 N–H and O–H groups in total. The lowest BCUT2D eigenvalue weighted by atomic mass is 9.88. The van der Waals surface area contributed by atoms with Gasteiger partial charge in [-0.05, 0) is 70.1 Å². The zero-order valence-electron chi connectivity index (χ0n) is 24.6. The van der Waals surface area contributed by atoms with Crippen LogP contribution in [0.5, 0.6) is 0 Å². The molecule has 0 bridgehead atoms. The third-order valence-electron chi connectivity index (χ3n) is 7.50. The maximum atomic E-state index is 13.8.